The fraction of sp³-hybridized carbons (Fsp3) is 1.00. The van der Waals surface area contributed by atoms with E-state index in [2.05, 4.69) is 0 Å². The minimum absolute atomic E-state index is 0.886. The molecule has 1 saturated heterocycles. The Bertz CT molecular complexity index is 399. The number of aliphatic hydroxyl groups excluding tert-OH is 10. The summed E-state index contributed by atoms with van der Waals surface area (Å²) >= 11 is 0. The van der Waals surface area contributed by atoms with Crippen LogP contribution in [0.1, 0.15) is 1.37 Å². The van der Waals surface area contributed by atoms with E-state index in [0.29, 0.717) is 0 Å². The zero-order chi connectivity index (χ0) is 18.8. The first kappa shape index (κ1) is 18.9. The zero-order valence-corrected chi connectivity index (χ0v) is 12.0. The van der Waals surface area contributed by atoms with Crippen molar-refractivity contribution < 1.29 is 57.2 Å². The molecule has 1 fully saturated rings. The fourth-order valence-corrected chi connectivity index (χ4v) is 2.17. The summed E-state index contributed by atoms with van der Waals surface area (Å²) < 4.78 is 12.8. The van der Waals surface area contributed by atoms with Crippen LogP contribution in [-0.2, 0) is 4.74 Å². The van der Waals surface area contributed by atoms with E-state index in [-0.39, 0.29) is 0 Å². The highest BCUT2D eigenvalue weighted by Crippen LogP contribution is 2.25. The Morgan fingerprint density at radius 1 is 0.826 bits per heavy atom. The van der Waals surface area contributed by atoms with Crippen LogP contribution in [0.25, 0.3) is 0 Å². The van der Waals surface area contributed by atoms with Gasteiger partial charge in [0.15, 0.2) is 0 Å². The molecule has 10 N–H and O–H groups in total. The summed E-state index contributed by atoms with van der Waals surface area (Å²) in [7, 11) is 0. The average Bonchev–Trinajstić information content (AvgIpc) is 2.59. The fourth-order valence-electron chi connectivity index (χ4n) is 2.17. The Morgan fingerprint density at radius 3 is 1.87 bits per heavy atom. The van der Waals surface area contributed by atoms with Crippen molar-refractivity contribution in [2.45, 2.75) is 61.0 Å². The maximum Gasteiger partial charge on any atom is 0.115 e. The van der Waals surface area contributed by atoms with E-state index in [1.807, 2.05) is 0 Å². The summed E-state index contributed by atoms with van der Waals surface area (Å²) in [6.07, 6.45) is -21.5. The summed E-state index contributed by atoms with van der Waals surface area (Å²) in [4.78, 5) is 0. The van der Waals surface area contributed by atoms with Crippen LogP contribution in [0.5, 0.6) is 0 Å². The lowest BCUT2D eigenvalue weighted by atomic mass is 9.88. The Morgan fingerprint density at radius 2 is 1.39 bits per heavy atom. The SMILES string of the molecule is [2H]C1(C(O)[C@H](O)[C@@H](O)[C@H](O)[C@H](O)CO)O[C@H](CO)[C@@H](O)[C@H](O)[C@H]1O. The molecular formula is C12H24O11. The number of hydrogen-bond acceptors (Lipinski definition) is 11. The number of aliphatic hydroxyl groups is 10. The van der Waals surface area contributed by atoms with Gasteiger partial charge in [-0.3, -0.25) is 0 Å². The van der Waals surface area contributed by atoms with Crippen molar-refractivity contribution in [3.05, 3.63) is 0 Å². The molecule has 0 radical (unpaired) electrons. The molecule has 1 aliphatic heterocycles. The minimum atomic E-state index is -2.88. The van der Waals surface area contributed by atoms with Crippen molar-refractivity contribution in [2.24, 2.45) is 0 Å². The van der Waals surface area contributed by atoms with E-state index >= 15 is 0 Å². The predicted molar refractivity (Wildman–Crippen MR) is 70.9 cm³/mol. The average molecular weight is 345 g/mol. The smallest absolute Gasteiger partial charge is 0.115 e. The second-order valence-corrected chi connectivity index (χ2v) is 5.33. The summed E-state index contributed by atoms with van der Waals surface area (Å²) in [6.45, 7) is -1.85. The molecule has 23 heavy (non-hydrogen) atoms. The molecule has 0 aromatic heterocycles. The molecule has 10 atom stereocenters. The maximum absolute atomic E-state index is 10.1. The van der Waals surface area contributed by atoms with Gasteiger partial charge in [0, 0.05) is 0 Å². The van der Waals surface area contributed by atoms with Gasteiger partial charge in [0.25, 0.3) is 0 Å². The van der Waals surface area contributed by atoms with Gasteiger partial charge in [0.05, 0.1) is 14.6 Å². The van der Waals surface area contributed by atoms with Crippen LogP contribution in [0, 0.1) is 0 Å². The van der Waals surface area contributed by atoms with Gasteiger partial charge in [-0.05, 0) is 0 Å². The topological polar surface area (TPSA) is 212 Å². The Hall–Kier alpha value is -0.440. The largest absolute Gasteiger partial charge is 0.394 e. The number of rotatable bonds is 7. The molecule has 0 spiro atoms. The van der Waals surface area contributed by atoms with Crippen LogP contribution in [-0.4, -0.2) is 125 Å². The van der Waals surface area contributed by atoms with Crippen LogP contribution >= 0.6 is 0 Å². The molecule has 1 heterocycles. The second-order valence-electron chi connectivity index (χ2n) is 5.33. The van der Waals surface area contributed by atoms with Crippen molar-refractivity contribution in [3.8, 4) is 0 Å². The molecule has 138 valence electrons. The van der Waals surface area contributed by atoms with Gasteiger partial charge in [-0.2, -0.15) is 0 Å². The van der Waals surface area contributed by atoms with Gasteiger partial charge < -0.3 is 55.8 Å². The van der Waals surface area contributed by atoms with E-state index in [1.54, 1.807) is 0 Å². The lowest BCUT2D eigenvalue weighted by Gasteiger charge is -2.43. The molecule has 0 amide bonds. The van der Waals surface area contributed by atoms with Crippen LogP contribution in [0.4, 0.5) is 0 Å². The van der Waals surface area contributed by atoms with Gasteiger partial charge >= 0.3 is 0 Å². The molecular weight excluding hydrogens is 320 g/mol. The highest BCUT2D eigenvalue weighted by molar-refractivity contribution is 4.98. The van der Waals surface area contributed by atoms with Gasteiger partial charge in [0.2, 0.25) is 0 Å². The summed E-state index contributed by atoms with van der Waals surface area (Å²) in [5.41, 5.74) is 0. The molecule has 0 aromatic rings. The van der Waals surface area contributed by atoms with E-state index < -0.39 is 74.2 Å². The monoisotopic (exact) mass is 345 g/mol. The third-order valence-electron chi connectivity index (χ3n) is 3.71. The van der Waals surface area contributed by atoms with E-state index in [1.165, 1.54) is 0 Å². The minimum Gasteiger partial charge on any atom is -0.394 e. The number of ether oxygens (including phenoxy) is 1. The molecule has 2 unspecified atom stereocenters. The Balaban J connectivity index is 2.99. The lowest BCUT2D eigenvalue weighted by Crippen LogP contribution is -2.64. The first-order valence-corrected chi connectivity index (χ1v) is 6.87. The van der Waals surface area contributed by atoms with Crippen molar-refractivity contribution in [3.63, 3.8) is 0 Å². The van der Waals surface area contributed by atoms with E-state index in [0.717, 1.165) is 0 Å². The molecule has 11 heteroatoms. The summed E-state index contributed by atoms with van der Waals surface area (Å²) in [5.74, 6) is 0. The molecule has 11 nitrogen and oxygen atoms in total. The van der Waals surface area contributed by atoms with Crippen molar-refractivity contribution in [2.75, 3.05) is 13.2 Å². The molecule has 0 saturated carbocycles. The highest BCUT2D eigenvalue weighted by Gasteiger charge is 2.49. The van der Waals surface area contributed by atoms with Crippen molar-refractivity contribution >= 4 is 0 Å². The standard InChI is InChI=1S/C12H24O11/c13-1-3(15)5(16)7(18)9(20)11(22)12-10(21)8(19)6(17)4(2-14)23-12/h3-22H,1-2H2/t3-,4-,5-,6-,7+,8+,9-,10-,11?,12?/m1/s1/i12D. The van der Waals surface area contributed by atoms with Crippen LogP contribution < -0.4 is 0 Å². The Labute approximate surface area is 132 Å². The summed E-state index contributed by atoms with van der Waals surface area (Å²) in [6, 6.07) is 0. The molecule has 1 aliphatic rings. The normalized spacial score (nSPS) is 42.4. The van der Waals surface area contributed by atoms with Crippen molar-refractivity contribution in [1.29, 1.82) is 0 Å². The first-order valence-electron chi connectivity index (χ1n) is 7.37. The lowest BCUT2D eigenvalue weighted by molar-refractivity contribution is -0.264. The molecule has 0 aliphatic carbocycles. The van der Waals surface area contributed by atoms with Crippen LogP contribution in [0.2, 0.25) is 0 Å². The van der Waals surface area contributed by atoms with Crippen LogP contribution in [0.3, 0.4) is 0 Å². The predicted octanol–water partition coefficient (Wildman–Crippen LogP) is -6.37. The third-order valence-corrected chi connectivity index (χ3v) is 3.71. The molecule has 0 aromatic carbocycles. The quantitative estimate of drug-likeness (QED) is 0.209. The second kappa shape index (κ2) is 8.60. The number of hydrogen-bond donors (Lipinski definition) is 10. The molecule has 1 rings (SSSR count). The van der Waals surface area contributed by atoms with Crippen molar-refractivity contribution in [1.82, 2.24) is 0 Å². The van der Waals surface area contributed by atoms with Gasteiger partial charge in [-0.15, -0.1) is 0 Å². The third kappa shape index (κ3) is 4.35. The van der Waals surface area contributed by atoms with Crippen LogP contribution in [0.15, 0.2) is 0 Å². The highest BCUT2D eigenvalue weighted by atomic mass is 16.6. The van der Waals surface area contributed by atoms with Gasteiger partial charge in [0.1, 0.15) is 61.0 Å². The summed E-state index contributed by atoms with van der Waals surface area (Å²) in [5, 5.41) is 95.3. The Kier molecular flexibility index (Phi) is 7.06. The van der Waals surface area contributed by atoms with Gasteiger partial charge in [-0.1, -0.05) is 0 Å². The zero-order valence-electron chi connectivity index (χ0n) is 13.0. The van der Waals surface area contributed by atoms with E-state index in [4.69, 9.17) is 16.3 Å². The maximum atomic E-state index is 10.1. The van der Waals surface area contributed by atoms with Gasteiger partial charge in [-0.25, -0.2) is 0 Å². The van der Waals surface area contributed by atoms with E-state index in [9.17, 15) is 40.9 Å². The molecule has 0 bridgehead atoms. The first-order chi connectivity index (χ1) is 11.0.